The number of hydrogen-bond donors (Lipinski definition) is 1. The summed E-state index contributed by atoms with van der Waals surface area (Å²) in [5.41, 5.74) is 0. The van der Waals surface area contributed by atoms with E-state index in [0.29, 0.717) is 12.6 Å². The van der Waals surface area contributed by atoms with Gasteiger partial charge in [0, 0.05) is 32.2 Å². The van der Waals surface area contributed by atoms with E-state index in [0.717, 1.165) is 32.1 Å². The molecule has 2 aliphatic rings. The van der Waals surface area contributed by atoms with E-state index in [4.69, 9.17) is 0 Å². The molecule has 98 valence electrons. The summed E-state index contributed by atoms with van der Waals surface area (Å²) in [6.07, 6.45) is 4.04. The van der Waals surface area contributed by atoms with Crippen molar-refractivity contribution in [2.75, 3.05) is 39.8 Å². The third-order valence-corrected chi connectivity index (χ3v) is 3.98. The third-order valence-electron chi connectivity index (χ3n) is 3.98. The van der Waals surface area contributed by atoms with Crippen LogP contribution < -0.4 is 5.32 Å². The average Bonchev–Trinajstić information content (AvgIpc) is 3.14. The number of rotatable bonds is 5. The maximum Gasteiger partial charge on any atom is 0.236 e. The van der Waals surface area contributed by atoms with Gasteiger partial charge in [0.2, 0.25) is 5.91 Å². The van der Waals surface area contributed by atoms with Gasteiger partial charge in [-0.05, 0) is 26.3 Å². The van der Waals surface area contributed by atoms with E-state index < -0.39 is 0 Å². The van der Waals surface area contributed by atoms with Gasteiger partial charge in [0.1, 0.15) is 0 Å². The van der Waals surface area contributed by atoms with Crippen LogP contribution in [0.3, 0.4) is 0 Å². The highest BCUT2D eigenvalue weighted by molar-refractivity contribution is 5.78. The fourth-order valence-corrected chi connectivity index (χ4v) is 2.40. The molecule has 2 fully saturated rings. The highest BCUT2D eigenvalue weighted by atomic mass is 16.2. The summed E-state index contributed by atoms with van der Waals surface area (Å²) in [6, 6.07) is 0.536. The van der Waals surface area contributed by atoms with Crippen molar-refractivity contribution >= 4 is 5.91 Å². The minimum Gasteiger partial charge on any atom is -0.339 e. The molecule has 0 bridgehead atoms. The maximum atomic E-state index is 12.1. The smallest absolute Gasteiger partial charge is 0.236 e. The van der Waals surface area contributed by atoms with Crippen LogP contribution in [0.4, 0.5) is 0 Å². The zero-order valence-electron chi connectivity index (χ0n) is 11.1. The molecular weight excluding hydrogens is 214 g/mol. The lowest BCUT2D eigenvalue weighted by molar-refractivity contribution is -0.133. The van der Waals surface area contributed by atoms with E-state index in [1.165, 1.54) is 19.3 Å². The Morgan fingerprint density at radius 2 is 2.06 bits per heavy atom. The van der Waals surface area contributed by atoms with Crippen LogP contribution in [-0.2, 0) is 4.79 Å². The molecule has 0 aromatic carbocycles. The number of carbonyl (C=O) groups excluding carboxylic acids is 1. The number of carbonyl (C=O) groups is 1. The number of nitrogens with one attached hydrogen (secondary N) is 1. The Morgan fingerprint density at radius 1 is 1.41 bits per heavy atom. The zero-order valence-corrected chi connectivity index (χ0v) is 11.1. The van der Waals surface area contributed by atoms with Crippen LogP contribution in [0.25, 0.3) is 0 Å². The van der Waals surface area contributed by atoms with Crippen LogP contribution in [0.2, 0.25) is 0 Å². The molecule has 1 aliphatic heterocycles. The third kappa shape index (κ3) is 3.96. The minimum absolute atomic E-state index is 0.289. The maximum absolute atomic E-state index is 12.1. The highest BCUT2D eigenvalue weighted by Crippen LogP contribution is 2.34. The van der Waals surface area contributed by atoms with Crippen molar-refractivity contribution in [1.29, 1.82) is 0 Å². The second-order valence-corrected chi connectivity index (χ2v) is 5.57. The van der Waals surface area contributed by atoms with Gasteiger partial charge in [0.15, 0.2) is 0 Å². The Bertz CT molecular complexity index is 259. The van der Waals surface area contributed by atoms with Gasteiger partial charge in [-0.3, -0.25) is 9.69 Å². The molecule has 1 N–H and O–H groups in total. The van der Waals surface area contributed by atoms with Crippen molar-refractivity contribution in [2.24, 2.45) is 5.92 Å². The summed E-state index contributed by atoms with van der Waals surface area (Å²) in [6.45, 7) is 6.42. The molecule has 4 heteroatoms. The summed E-state index contributed by atoms with van der Waals surface area (Å²) in [5.74, 6) is 1.22. The van der Waals surface area contributed by atoms with E-state index in [1.807, 2.05) is 4.90 Å². The quantitative estimate of drug-likeness (QED) is 0.760. The van der Waals surface area contributed by atoms with Crippen molar-refractivity contribution in [2.45, 2.75) is 32.2 Å². The molecule has 1 atom stereocenters. The van der Waals surface area contributed by atoms with Crippen molar-refractivity contribution in [3.8, 4) is 0 Å². The Kier molecular flexibility index (Phi) is 4.40. The zero-order chi connectivity index (χ0) is 12.3. The van der Waals surface area contributed by atoms with Crippen molar-refractivity contribution in [1.82, 2.24) is 15.1 Å². The van der Waals surface area contributed by atoms with Crippen molar-refractivity contribution in [3.05, 3.63) is 0 Å². The molecular formula is C13H25N3O. The molecule has 0 spiro atoms. The van der Waals surface area contributed by atoms with Crippen LogP contribution >= 0.6 is 0 Å². The van der Waals surface area contributed by atoms with Crippen LogP contribution in [0.1, 0.15) is 26.2 Å². The predicted octanol–water partition coefficient (Wildman–Crippen LogP) is 0.539. The fourth-order valence-electron chi connectivity index (χ4n) is 2.40. The van der Waals surface area contributed by atoms with Crippen LogP contribution in [0, 0.1) is 5.92 Å². The van der Waals surface area contributed by atoms with E-state index in [9.17, 15) is 4.79 Å². The van der Waals surface area contributed by atoms with E-state index in [2.05, 4.69) is 24.2 Å². The Morgan fingerprint density at radius 3 is 2.65 bits per heavy atom. The molecule has 1 heterocycles. The second kappa shape index (κ2) is 5.83. The fraction of sp³-hybridized carbons (Fsp3) is 0.923. The van der Waals surface area contributed by atoms with Crippen LogP contribution in [0.15, 0.2) is 0 Å². The molecule has 17 heavy (non-hydrogen) atoms. The van der Waals surface area contributed by atoms with Gasteiger partial charge in [-0.25, -0.2) is 0 Å². The Hall–Kier alpha value is -0.610. The first-order valence-corrected chi connectivity index (χ1v) is 6.85. The molecule has 0 aromatic heterocycles. The standard InChI is InChI=1S/C13H25N3O/c1-11(9-12-3-4-12)15(2)10-13(17)16-7-5-14-6-8-16/h11-12,14H,3-10H2,1-2H3. The summed E-state index contributed by atoms with van der Waals surface area (Å²) >= 11 is 0. The lowest BCUT2D eigenvalue weighted by Gasteiger charge is -2.31. The van der Waals surface area contributed by atoms with Crippen LogP contribution in [-0.4, -0.2) is 61.5 Å². The topological polar surface area (TPSA) is 35.6 Å². The molecule has 1 amide bonds. The SMILES string of the molecule is CC(CC1CC1)N(C)CC(=O)N1CCNCC1. The first-order valence-electron chi connectivity index (χ1n) is 6.85. The van der Waals surface area contributed by atoms with E-state index in [1.54, 1.807) is 0 Å². The monoisotopic (exact) mass is 239 g/mol. The predicted molar refractivity (Wildman–Crippen MR) is 68.9 cm³/mol. The minimum atomic E-state index is 0.289. The normalized spacial score (nSPS) is 22.9. The van der Waals surface area contributed by atoms with Gasteiger partial charge in [-0.15, -0.1) is 0 Å². The molecule has 4 nitrogen and oxygen atoms in total. The van der Waals surface area contributed by atoms with Gasteiger partial charge < -0.3 is 10.2 Å². The van der Waals surface area contributed by atoms with Gasteiger partial charge in [0.25, 0.3) is 0 Å². The molecule has 0 aromatic rings. The first kappa shape index (κ1) is 12.8. The molecule has 1 saturated carbocycles. The number of hydrogen-bond acceptors (Lipinski definition) is 3. The van der Waals surface area contributed by atoms with Crippen molar-refractivity contribution < 1.29 is 4.79 Å². The lowest BCUT2D eigenvalue weighted by Crippen LogP contribution is -2.50. The number of likely N-dealkylation sites (N-methyl/N-ethyl adjacent to an activating group) is 1. The van der Waals surface area contributed by atoms with E-state index >= 15 is 0 Å². The molecule has 0 radical (unpaired) electrons. The summed E-state index contributed by atoms with van der Waals surface area (Å²) < 4.78 is 0. The van der Waals surface area contributed by atoms with Gasteiger partial charge in [-0.1, -0.05) is 12.8 Å². The Balaban J connectivity index is 1.71. The number of nitrogens with zero attached hydrogens (tertiary/aromatic N) is 2. The molecule has 1 unspecified atom stereocenters. The summed E-state index contributed by atoms with van der Waals surface area (Å²) in [4.78, 5) is 16.3. The summed E-state index contributed by atoms with van der Waals surface area (Å²) in [5, 5.41) is 3.27. The van der Waals surface area contributed by atoms with Crippen molar-refractivity contribution in [3.63, 3.8) is 0 Å². The number of amides is 1. The Labute approximate surface area is 104 Å². The molecule has 1 saturated heterocycles. The largest absolute Gasteiger partial charge is 0.339 e. The van der Waals surface area contributed by atoms with Gasteiger partial charge >= 0.3 is 0 Å². The lowest BCUT2D eigenvalue weighted by atomic mass is 10.1. The summed E-state index contributed by atoms with van der Waals surface area (Å²) in [7, 11) is 2.08. The molecule has 2 rings (SSSR count). The first-order chi connectivity index (χ1) is 8.16. The average molecular weight is 239 g/mol. The van der Waals surface area contributed by atoms with Gasteiger partial charge in [-0.2, -0.15) is 0 Å². The van der Waals surface area contributed by atoms with E-state index in [-0.39, 0.29) is 5.91 Å². The second-order valence-electron chi connectivity index (χ2n) is 5.57. The molecule has 1 aliphatic carbocycles. The van der Waals surface area contributed by atoms with Crippen LogP contribution in [0.5, 0.6) is 0 Å². The number of piperazine rings is 1. The highest BCUT2D eigenvalue weighted by Gasteiger charge is 2.26. The van der Waals surface area contributed by atoms with Gasteiger partial charge in [0.05, 0.1) is 6.54 Å².